The molecule has 0 bridgehead atoms. The Kier molecular flexibility index (Phi) is 5.96. The van der Waals surface area contributed by atoms with E-state index in [-0.39, 0.29) is 11.4 Å². The predicted molar refractivity (Wildman–Crippen MR) is 78.0 cm³/mol. The van der Waals surface area contributed by atoms with Gasteiger partial charge in [0.05, 0.1) is 0 Å². The first-order valence-electron chi connectivity index (χ1n) is 6.75. The van der Waals surface area contributed by atoms with E-state index >= 15 is 0 Å². The monoisotopic (exact) mass is 263 g/mol. The molecule has 4 nitrogen and oxygen atoms in total. The van der Waals surface area contributed by atoms with Crippen molar-refractivity contribution in [3.05, 3.63) is 30.1 Å². The van der Waals surface area contributed by atoms with Crippen molar-refractivity contribution in [3.8, 4) is 0 Å². The fourth-order valence-electron chi connectivity index (χ4n) is 1.56. The normalized spacial score (nSPS) is 11.6. The molecule has 0 aliphatic heterocycles. The molecule has 1 rings (SSSR count). The number of carbonyl (C=O) groups is 1. The number of likely N-dealkylation sites (N-methyl/N-ethyl adjacent to an activating group) is 1. The second kappa shape index (κ2) is 7.24. The lowest BCUT2D eigenvalue weighted by Crippen LogP contribution is -2.48. The van der Waals surface area contributed by atoms with E-state index in [4.69, 9.17) is 0 Å². The van der Waals surface area contributed by atoms with Gasteiger partial charge >= 0.3 is 0 Å². The number of pyridine rings is 1. The molecule has 0 saturated carbocycles. The largest absolute Gasteiger partial charge is 0.354 e. The van der Waals surface area contributed by atoms with E-state index in [1.807, 2.05) is 32.4 Å². The molecule has 0 aromatic carbocycles. The van der Waals surface area contributed by atoms with Gasteiger partial charge in [-0.25, -0.2) is 0 Å². The Bertz CT molecular complexity index is 388. The minimum atomic E-state index is -0.0149. The van der Waals surface area contributed by atoms with Gasteiger partial charge in [0, 0.05) is 30.9 Å². The van der Waals surface area contributed by atoms with Crippen molar-refractivity contribution >= 4 is 5.91 Å². The molecule has 0 atom stereocenters. The van der Waals surface area contributed by atoms with Crippen LogP contribution in [0.15, 0.2) is 24.5 Å². The van der Waals surface area contributed by atoms with Crippen LogP contribution in [0, 0.1) is 0 Å². The van der Waals surface area contributed by atoms with Crippen LogP contribution in [0.4, 0.5) is 0 Å². The molecule has 1 heterocycles. The van der Waals surface area contributed by atoms with Gasteiger partial charge in [-0.05, 0) is 52.4 Å². The summed E-state index contributed by atoms with van der Waals surface area (Å²) in [5.74, 6) is 0.124. The molecule has 106 valence electrons. The van der Waals surface area contributed by atoms with E-state index in [0.717, 1.165) is 12.8 Å². The first kappa shape index (κ1) is 15.6. The minimum Gasteiger partial charge on any atom is -0.354 e. The highest BCUT2D eigenvalue weighted by atomic mass is 16.1. The van der Waals surface area contributed by atoms with Crippen LogP contribution in [-0.4, -0.2) is 42.0 Å². The molecule has 1 N–H and O–H groups in total. The Balaban J connectivity index is 2.22. The van der Waals surface area contributed by atoms with Crippen molar-refractivity contribution < 1.29 is 4.79 Å². The average molecular weight is 263 g/mol. The molecule has 0 fully saturated rings. The molecular weight excluding hydrogens is 238 g/mol. The molecule has 0 unspecified atom stereocenters. The predicted octanol–water partition coefficient (Wildman–Crippen LogP) is 1.86. The third-order valence-corrected chi connectivity index (χ3v) is 3.52. The maximum Gasteiger partial charge on any atom is 0.220 e. The second-order valence-electron chi connectivity index (χ2n) is 5.70. The lowest BCUT2D eigenvalue weighted by Gasteiger charge is -2.32. The number of rotatable bonds is 7. The highest BCUT2D eigenvalue weighted by Gasteiger charge is 2.20. The van der Waals surface area contributed by atoms with Gasteiger partial charge in [0.2, 0.25) is 5.91 Å². The summed E-state index contributed by atoms with van der Waals surface area (Å²) < 4.78 is 0. The maximum atomic E-state index is 11.8. The quantitative estimate of drug-likeness (QED) is 0.816. The number of carbonyl (C=O) groups excluding carboxylic acids is 1. The maximum absolute atomic E-state index is 11.8. The third-order valence-electron chi connectivity index (χ3n) is 3.52. The highest BCUT2D eigenvalue weighted by Crippen LogP contribution is 2.08. The number of nitrogens with zero attached hydrogens (tertiary/aromatic N) is 2. The van der Waals surface area contributed by atoms with Crippen LogP contribution in [0.1, 0.15) is 32.3 Å². The summed E-state index contributed by atoms with van der Waals surface area (Å²) >= 11 is 0. The zero-order valence-electron chi connectivity index (χ0n) is 12.4. The van der Waals surface area contributed by atoms with E-state index in [2.05, 4.69) is 29.0 Å². The molecule has 4 heteroatoms. The smallest absolute Gasteiger partial charge is 0.220 e. The first-order valence-corrected chi connectivity index (χ1v) is 6.75. The third kappa shape index (κ3) is 5.83. The summed E-state index contributed by atoms with van der Waals surface area (Å²) in [7, 11) is 4.04. The molecule has 1 aromatic heterocycles. The van der Waals surface area contributed by atoms with Crippen LogP contribution >= 0.6 is 0 Å². The van der Waals surface area contributed by atoms with Gasteiger partial charge in [-0.1, -0.05) is 6.07 Å². The second-order valence-corrected chi connectivity index (χ2v) is 5.70. The van der Waals surface area contributed by atoms with Crippen molar-refractivity contribution in [1.29, 1.82) is 0 Å². The Hall–Kier alpha value is -1.42. The van der Waals surface area contributed by atoms with Crippen LogP contribution in [0.3, 0.4) is 0 Å². The molecule has 0 aliphatic carbocycles. The van der Waals surface area contributed by atoms with Crippen LogP contribution in [0.2, 0.25) is 0 Å². The summed E-state index contributed by atoms with van der Waals surface area (Å²) in [6, 6.07) is 3.97. The lowest BCUT2D eigenvalue weighted by molar-refractivity contribution is -0.121. The van der Waals surface area contributed by atoms with Crippen molar-refractivity contribution in [2.75, 3.05) is 20.6 Å². The molecule has 0 aliphatic rings. The number of amides is 1. The summed E-state index contributed by atoms with van der Waals surface area (Å²) in [5, 5.41) is 2.99. The van der Waals surface area contributed by atoms with Crippen LogP contribution in [0.5, 0.6) is 0 Å². The SMILES string of the molecule is CN(C)C(C)(C)CNC(=O)CCCc1cccnc1. The summed E-state index contributed by atoms with van der Waals surface area (Å²) in [5.41, 5.74) is 1.17. The van der Waals surface area contributed by atoms with Crippen molar-refractivity contribution in [2.24, 2.45) is 0 Å². The van der Waals surface area contributed by atoms with E-state index < -0.39 is 0 Å². The Morgan fingerprint density at radius 2 is 2.16 bits per heavy atom. The summed E-state index contributed by atoms with van der Waals surface area (Å²) in [4.78, 5) is 17.9. The van der Waals surface area contributed by atoms with Crippen LogP contribution < -0.4 is 5.32 Å². The number of hydrogen-bond donors (Lipinski definition) is 1. The fraction of sp³-hybridized carbons (Fsp3) is 0.600. The van der Waals surface area contributed by atoms with E-state index in [0.29, 0.717) is 13.0 Å². The number of aromatic nitrogens is 1. The van der Waals surface area contributed by atoms with E-state index in [1.165, 1.54) is 5.56 Å². The van der Waals surface area contributed by atoms with E-state index in [9.17, 15) is 4.79 Å². The Morgan fingerprint density at radius 1 is 1.42 bits per heavy atom. The van der Waals surface area contributed by atoms with Gasteiger partial charge in [0.25, 0.3) is 0 Å². The molecule has 0 radical (unpaired) electrons. The Labute approximate surface area is 116 Å². The van der Waals surface area contributed by atoms with Gasteiger partial charge in [-0.3, -0.25) is 9.78 Å². The van der Waals surface area contributed by atoms with Gasteiger partial charge in [0.15, 0.2) is 0 Å². The fourth-order valence-corrected chi connectivity index (χ4v) is 1.56. The summed E-state index contributed by atoms with van der Waals surface area (Å²) in [6.45, 7) is 4.90. The van der Waals surface area contributed by atoms with Crippen LogP contribution in [0.25, 0.3) is 0 Å². The number of nitrogens with one attached hydrogen (secondary N) is 1. The minimum absolute atomic E-state index is 0.0149. The molecule has 19 heavy (non-hydrogen) atoms. The molecule has 1 amide bonds. The standard InChI is InChI=1S/C15H25N3O/c1-15(2,18(3)4)12-17-14(19)9-5-7-13-8-6-10-16-11-13/h6,8,10-11H,5,7,9,12H2,1-4H3,(H,17,19). The van der Waals surface area contributed by atoms with Crippen molar-refractivity contribution in [2.45, 2.75) is 38.6 Å². The zero-order chi connectivity index (χ0) is 14.3. The lowest BCUT2D eigenvalue weighted by atomic mass is 10.0. The van der Waals surface area contributed by atoms with Crippen LogP contribution in [-0.2, 0) is 11.2 Å². The van der Waals surface area contributed by atoms with Gasteiger partial charge in [-0.15, -0.1) is 0 Å². The van der Waals surface area contributed by atoms with Gasteiger partial charge < -0.3 is 10.2 Å². The first-order chi connectivity index (χ1) is 8.92. The van der Waals surface area contributed by atoms with Gasteiger partial charge in [0.1, 0.15) is 0 Å². The topological polar surface area (TPSA) is 45.2 Å². The van der Waals surface area contributed by atoms with Gasteiger partial charge in [-0.2, -0.15) is 0 Å². The number of aryl methyl sites for hydroxylation is 1. The average Bonchev–Trinajstić information content (AvgIpc) is 2.37. The van der Waals surface area contributed by atoms with Crippen molar-refractivity contribution in [3.63, 3.8) is 0 Å². The number of hydrogen-bond acceptors (Lipinski definition) is 3. The molecule has 0 spiro atoms. The molecule has 0 saturated heterocycles. The van der Waals surface area contributed by atoms with Crippen molar-refractivity contribution in [1.82, 2.24) is 15.2 Å². The van der Waals surface area contributed by atoms with E-state index in [1.54, 1.807) is 6.20 Å². The Morgan fingerprint density at radius 3 is 2.74 bits per heavy atom. The molecule has 1 aromatic rings. The zero-order valence-corrected chi connectivity index (χ0v) is 12.4. The molecular formula is C15H25N3O. The highest BCUT2D eigenvalue weighted by molar-refractivity contribution is 5.75. The summed E-state index contributed by atoms with van der Waals surface area (Å²) in [6.07, 6.45) is 5.95.